The minimum absolute atomic E-state index is 0.501. The molecule has 0 spiro atoms. The van der Waals surface area contributed by atoms with E-state index in [0.29, 0.717) is 6.04 Å². The van der Waals surface area contributed by atoms with Crippen molar-refractivity contribution in [1.82, 2.24) is 5.32 Å². The van der Waals surface area contributed by atoms with Crippen LogP contribution < -0.4 is 5.32 Å². The molecule has 0 saturated heterocycles. The fraction of sp³-hybridized carbons (Fsp3) is 0.500. The molecule has 0 aliphatic heterocycles. The Morgan fingerprint density at radius 3 is 2.53 bits per heavy atom. The van der Waals surface area contributed by atoms with Crippen molar-refractivity contribution in [1.29, 1.82) is 0 Å². The molecule has 1 fully saturated rings. The fourth-order valence-electron chi connectivity index (χ4n) is 2.17. The van der Waals surface area contributed by atoms with E-state index in [1.807, 2.05) is 0 Å². The molecule has 1 atom stereocenters. The van der Waals surface area contributed by atoms with Gasteiger partial charge in [0, 0.05) is 15.0 Å². The van der Waals surface area contributed by atoms with Gasteiger partial charge in [-0.25, -0.2) is 0 Å². The predicted octanol–water partition coefficient (Wildman–Crippen LogP) is 4.27. The summed E-state index contributed by atoms with van der Waals surface area (Å²) in [6.07, 6.45) is 4.10. The molecule has 1 aliphatic rings. The van der Waals surface area contributed by atoms with Gasteiger partial charge in [-0.1, -0.05) is 44.3 Å². The molecule has 3 heteroatoms. The first kappa shape index (κ1) is 11.6. The van der Waals surface area contributed by atoms with E-state index < -0.39 is 0 Å². The molecular weight excluding hydrogens is 318 g/mol. The first-order valence-corrected chi connectivity index (χ1v) is 6.93. The van der Waals surface area contributed by atoms with Crippen molar-refractivity contribution in [2.75, 3.05) is 7.05 Å². The summed E-state index contributed by atoms with van der Waals surface area (Å²) in [5, 5.41) is 3.44. The Morgan fingerprint density at radius 2 is 2.07 bits per heavy atom. The van der Waals surface area contributed by atoms with Gasteiger partial charge < -0.3 is 5.32 Å². The molecule has 0 bridgehead atoms. The monoisotopic (exact) mass is 331 g/mol. The van der Waals surface area contributed by atoms with Crippen LogP contribution in [0.3, 0.4) is 0 Å². The minimum Gasteiger partial charge on any atom is -0.313 e. The molecule has 0 heterocycles. The van der Waals surface area contributed by atoms with Crippen LogP contribution in [0.2, 0.25) is 0 Å². The van der Waals surface area contributed by atoms with E-state index in [0.717, 1.165) is 10.4 Å². The maximum atomic E-state index is 3.64. The third kappa shape index (κ3) is 2.45. The van der Waals surface area contributed by atoms with Gasteiger partial charge in [-0.3, -0.25) is 0 Å². The Kier molecular flexibility index (Phi) is 3.86. The maximum absolute atomic E-state index is 3.64. The van der Waals surface area contributed by atoms with Crippen LogP contribution in [0, 0.1) is 5.92 Å². The van der Waals surface area contributed by atoms with Crippen LogP contribution in [-0.4, -0.2) is 7.05 Å². The Balaban J connectivity index is 2.25. The van der Waals surface area contributed by atoms with Crippen LogP contribution in [0.5, 0.6) is 0 Å². The molecule has 1 aliphatic carbocycles. The summed E-state index contributed by atoms with van der Waals surface area (Å²) in [6.45, 7) is 0. The van der Waals surface area contributed by atoms with Crippen LogP contribution in [0.15, 0.2) is 27.1 Å². The Bertz CT molecular complexity index is 347. The lowest BCUT2D eigenvalue weighted by molar-refractivity contribution is 0.239. The molecule has 1 saturated carbocycles. The van der Waals surface area contributed by atoms with Crippen LogP contribution in [0.4, 0.5) is 0 Å². The van der Waals surface area contributed by atoms with Crippen molar-refractivity contribution >= 4 is 31.9 Å². The Labute approximate surface area is 108 Å². The van der Waals surface area contributed by atoms with E-state index in [1.165, 1.54) is 29.3 Å². The lowest BCUT2D eigenvalue weighted by Crippen LogP contribution is -2.30. The Morgan fingerprint density at radius 1 is 1.33 bits per heavy atom. The third-order valence-corrected chi connectivity index (χ3v) is 4.41. The van der Waals surface area contributed by atoms with Crippen molar-refractivity contribution in [3.8, 4) is 0 Å². The average Bonchev–Trinajstić information content (AvgIpc) is 2.12. The minimum atomic E-state index is 0.501. The van der Waals surface area contributed by atoms with E-state index in [4.69, 9.17) is 0 Å². The standard InChI is InChI=1S/C12H15Br2N/c1-15-12(8-3-2-4-8)10-6-5-9(13)7-11(10)14/h5-8,12,15H,2-4H2,1H3. The summed E-state index contributed by atoms with van der Waals surface area (Å²) in [5.74, 6) is 0.812. The molecular formula is C12H15Br2N. The number of nitrogens with one attached hydrogen (secondary N) is 1. The molecule has 1 aromatic carbocycles. The van der Waals surface area contributed by atoms with Crippen molar-refractivity contribution in [3.05, 3.63) is 32.7 Å². The summed E-state index contributed by atoms with van der Waals surface area (Å²) < 4.78 is 2.32. The van der Waals surface area contributed by atoms with E-state index in [9.17, 15) is 0 Å². The van der Waals surface area contributed by atoms with Crippen molar-refractivity contribution < 1.29 is 0 Å². The molecule has 2 rings (SSSR count). The van der Waals surface area contributed by atoms with Gasteiger partial charge in [0.2, 0.25) is 0 Å². The number of benzene rings is 1. The van der Waals surface area contributed by atoms with Crippen molar-refractivity contribution in [3.63, 3.8) is 0 Å². The zero-order valence-electron chi connectivity index (χ0n) is 8.76. The van der Waals surface area contributed by atoms with Crippen molar-refractivity contribution in [2.24, 2.45) is 5.92 Å². The molecule has 1 aromatic rings. The first-order valence-electron chi connectivity index (χ1n) is 5.34. The molecule has 82 valence electrons. The summed E-state index contributed by atoms with van der Waals surface area (Å²) in [5.41, 5.74) is 1.38. The van der Waals surface area contributed by atoms with Gasteiger partial charge >= 0.3 is 0 Å². The Hall–Kier alpha value is 0.140. The molecule has 1 nitrogen and oxygen atoms in total. The van der Waals surface area contributed by atoms with Gasteiger partial charge in [0.15, 0.2) is 0 Å². The SMILES string of the molecule is CNC(c1ccc(Br)cc1Br)C1CCC1. The topological polar surface area (TPSA) is 12.0 Å². The summed E-state index contributed by atoms with van der Waals surface area (Å²) >= 11 is 7.13. The summed E-state index contributed by atoms with van der Waals surface area (Å²) in [7, 11) is 2.05. The van der Waals surface area contributed by atoms with Gasteiger partial charge in [-0.2, -0.15) is 0 Å². The first-order chi connectivity index (χ1) is 7.22. The van der Waals surface area contributed by atoms with Crippen molar-refractivity contribution in [2.45, 2.75) is 25.3 Å². The second-order valence-corrected chi connectivity index (χ2v) is 5.89. The van der Waals surface area contributed by atoms with Crippen LogP contribution >= 0.6 is 31.9 Å². The quantitative estimate of drug-likeness (QED) is 0.871. The highest BCUT2D eigenvalue weighted by molar-refractivity contribution is 9.11. The molecule has 0 radical (unpaired) electrons. The van der Waals surface area contributed by atoms with Gasteiger partial charge in [0.1, 0.15) is 0 Å². The molecule has 1 N–H and O–H groups in total. The van der Waals surface area contributed by atoms with E-state index in [-0.39, 0.29) is 0 Å². The zero-order valence-corrected chi connectivity index (χ0v) is 11.9. The maximum Gasteiger partial charge on any atom is 0.0357 e. The number of hydrogen-bond acceptors (Lipinski definition) is 1. The lowest BCUT2D eigenvalue weighted by atomic mass is 9.77. The molecule has 15 heavy (non-hydrogen) atoms. The highest BCUT2D eigenvalue weighted by Gasteiger charge is 2.28. The number of rotatable bonds is 3. The largest absolute Gasteiger partial charge is 0.313 e. The lowest BCUT2D eigenvalue weighted by Gasteiger charge is -2.34. The second kappa shape index (κ2) is 4.98. The third-order valence-electron chi connectivity index (χ3n) is 3.23. The van der Waals surface area contributed by atoms with E-state index >= 15 is 0 Å². The fourth-order valence-corrected chi connectivity index (χ4v) is 3.47. The summed E-state index contributed by atoms with van der Waals surface area (Å²) in [6, 6.07) is 6.94. The highest BCUT2D eigenvalue weighted by atomic mass is 79.9. The second-order valence-electron chi connectivity index (χ2n) is 4.12. The number of halogens is 2. The molecule has 0 aromatic heterocycles. The van der Waals surface area contributed by atoms with Gasteiger partial charge in [0.05, 0.1) is 0 Å². The van der Waals surface area contributed by atoms with Gasteiger partial charge in [-0.15, -0.1) is 0 Å². The van der Waals surface area contributed by atoms with Crippen LogP contribution in [-0.2, 0) is 0 Å². The van der Waals surface area contributed by atoms with Crippen LogP contribution in [0.25, 0.3) is 0 Å². The normalized spacial score (nSPS) is 18.6. The van der Waals surface area contributed by atoms with E-state index in [2.05, 4.69) is 62.4 Å². The van der Waals surface area contributed by atoms with E-state index in [1.54, 1.807) is 0 Å². The van der Waals surface area contributed by atoms with Gasteiger partial charge in [-0.05, 0) is 43.5 Å². The number of hydrogen-bond donors (Lipinski definition) is 1. The average molecular weight is 333 g/mol. The zero-order chi connectivity index (χ0) is 10.8. The smallest absolute Gasteiger partial charge is 0.0357 e. The predicted molar refractivity (Wildman–Crippen MR) is 71.0 cm³/mol. The molecule has 0 amide bonds. The van der Waals surface area contributed by atoms with Gasteiger partial charge in [0.25, 0.3) is 0 Å². The summed E-state index contributed by atoms with van der Waals surface area (Å²) in [4.78, 5) is 0. The highest BCUT2D eigenvalue weighted by Crippen LogP contribution is 2.40. The van der Waals surface area contributed by atoms with Crippen LogP contribution in [0.1, 0.15) is 30.9 Å². The molecule has 1 unspecified atom stereocenters.